The third kappa shape index (κ3) is 19.6. The van der Waals surface area contributed by atoms with Crippen molar-refractivity contribution in [3.05, 3.63) is 131 Å². The maximum absolute atomic E-state index is 13.0. The highest BCUT2D eigenvalue weighted by Crippen LogP contribution is 2.46. The number of nitrogens with one attached hydrogen (secondary N) is 1. The third-order valence-corrected chi connectivity index (χ3v) is 19.1. The van der Waals surface area contributed by atoms with E-state index < -0.39 is 59.9 Å². The van der Waals surface area contributed by atoms with Crippen LogP contribution in [0.3, 0.4) is 0 Å². The Bertz CT molecular complexity index is 3860. The molecule has 570 valence electrons. The smallest absolute Gasteiger partial charge is 0.328 e. The van der Waals surface area contributed by atoms with Gasteiger partial charge < -0.3 is 67.3 Å². The van der Waals surface area contributed by atoms with E-state index in [9.17, 15) is 57.5 Å². The Morgan fingerprint density at radius 2 is 0.755 bits per heavy atom. The zero-order valence-corrected chi connectivity index (χ0v) is 61.5. The molecule has 3 aliphatic carbocycles. The molecule has 3 fully saturated rings. The average Bonchev–Trinajstić information content (AvgIpc) is 1.62. The summed E-state index contributed by atoms with van der Waals surface area (Å²) in [4.78, 5) is 152. The van der Waals surface area contributed by atoms with Crippen LogP contribution < -0.4 is 43.2 Å². The van der Waals surface area contributed by atoms with Gasteiger partial charge in [-0.05, 0) is 129 Å². The first-order chi connectivity index (χ1) is 50.9. The molecule has 7 amide bonds. The molecule has 0 aromatic heterocycles. The van der Waals surface area contributed by atoms with Gasteiger partial charge >= 0.3 is 29.8 Å². The zero-order valence-electron chi connectivity index (χ0n) is 61.5. The quantitative estimate of drug-likeness (QED) is 0.0185. The van der Waals surface area contributed by atoms with Crippen molar-refractivity contribution in [2.24, 2.45) is 23.7 Å². The number of carbonyl (C=O) groups is 12. The van der Waals surface area contributed by atoms with Crippen LogP contribution in [0, 0.1) is 23.7 Å². The first kappa shape index (κ1) is 82.0. The molecule has 1 saturated carbocycles. The number of benzene rings is 4. The number of nitrogens with zero attached hydrogens (tertiary/aromatic N) is 3. The number of aliphatic carboxylic acids is 1. The van der Waals surface area contributed by atoms with E-state index in [2.05, 4.69) is 10.1 Å². The lowest BCUT2D eigenvalue weighted by Gasteiger charge is -2.27. The number of fused-ring (bicyclic) bond motifs is 2. The highest BCUT2D eigenvalue weighted by molar-refractivity contribution is 6.20. The van der Waals surface area contributed by atoms with E-state index in [0.29, 0.717) is 118 Å². The summed E-state index contributed by atoms with van der Waals surface area (Å²) in [6.45, 7) is 2.28. The number of hydrogen-bond donors (Lipinski definition) is 2. The number of hydrogen-bond acceptors (Lipinski definition) is 24. The highest BCUT2D eigenvalue weighted by Gasteiger charge is 2.53. The fraction of sp³-hybridized carbons (Fsp3) is 0.455. The maximum atomic E-state index is 13.0. The molecule has 8 unspecified atom stereocenters. The summed E-state index contributed by atoms with van der Waals surface area (Å²) in [6, 6.07) is 17.4. The number of ether oxygens (including phenoxy) is 12. The van der Waals surface area contributed by atoms with Crippen molar-refractivity contribution in [3.63, 3.8) is 0 Å². The molecule has 8 atom stereocenters. The summed E-state index contributed by atoms with van der Waals surface area (Å²) in [5.74, 6) is -2.67. The van der Waals surface area contributed by atoms with Gasteiger partial charge in [-0.2, -0.15) is 0 Å². The van der Waals surface area contributed by atoms with Crippen LogP contribution in [0.25, 0.3) is 0 Å². The molecule has 4 aromatic carbocycles. The molecule has 106 heavy (non-hydrogen) atoms. The molecule has 3 aliphatic heterocycles. The molecule has 3 heterocycles. The van der Waals surface area contributed by atoms with Crippen LogP contribution >= 0.6 is 0 Å². The number of allylic oxidation sites excluding steroid dienone is 2. The summed E-state index contributed by atoms with van der Waals surface area (Å²) in [5, 5.41) is 11.1. The number of carboxylic acid groups (broad SMARTS) is 1. The van der Waals surface area contributed by atoms with Crippen LogP contribution in [0.15, 0.2) is 108 Å². The second-order valence-corrected chi connectivity index (χ2v) is 25.0. The predicted octanol–water partition coefficient (Wildman–Crippen LogP) is 8.74. The number of carboxylic acids is 1. The number of carbonyl (C=O) groups excluding carboxylic acids is 11. The summed E-state index contributed by atoms with van der Waals surface area (Å²) in [6.07, 6.45) is 12.4. The molecule has 4 aromatic rings. The van der Waals surface area contributed by atoms with Crippen LogP contribution in [-0.4, -0.2) is 176 Å². The minimum absolute atomic E-state index is 0.0943. The summed E-state index contributed by atoms with van der Waals surface area (Å²) in [5.41, 5.74) is 3.63. The molecule has 6 aliphatic rings. The van der Waals surface area contributed by atoms with E-state index >= 15 is 0 Å². The second-order valence-electron chi connectivity index (χ2n) is 25.0. The molecule has 0 radical (unpaired) electrons. The van der Waals surface area contributed by atoms with Crippen LogP contribution in [0.4, 0.5) is 0 Å². The Hall–Kier alpha value is -11.3. The van der Waals surface area contributed by atoms with E-state index in [0.717, 1.165) is 44.6 Å². The van der Waals surface area contributed by atoms with Crippen LogP contribution in [0.5, 0.6) is 46.0 Å². The summed E-state index contributed by atoms with van der Waals surface area (Å²) >= 11 is 0. The predicted molar refractivity (Wildman–Crippen MR) is 377 cm³/mol. The minimum Gasteiger partial charge on any atom is -0.493 e. The lowest BCUT2D eigenvalue weighted by molar-refractivity contribution is -0.149. The van der Waals surface area contributed by atoms with Gasteiger partial charge in [-0.1, -0.05) is 49.3 Å². The molecule has 29 heteroatoms. The van der Waals surface area contributed by atoms with Crippen molar-refractivity contribution in [1.29, 1.82) is 0 Å². The number of rotatable bonds is 27. The highest BCUT2D eigenvalue weighted by atomic mass is 16.5. The lowest BCUT2D eigenvalue weighted by atomic mass is 9.81. The topological polar surface area (TPSA) is 358 Å². The summed E-state index contributed by atoms with van der Waals surface area (Å²) in [7, 11) is 15.7. The molecule has 29 nitrogen and oxygen atoms in total. The van der Waals surface area contributed by atoms with Crippen molar-refractivity contribution in [1.82, 2.24) is 20.0 Å². The van der Waals surface area contributed by atoms with E-state index in [1.165, 1.54) is 92.9 Å². The number of imide groups is 3. The van der Waals surface area contributed by atoms with Crippen LogP contribution in [0.1, 0.15) is 143 Å². The van der Waals surface area contributed by atoms with Crippen molar-refractivity contribution in [2.45, 2.75) is 121 Å². The average molecular weight is 1470 g/mol. The van der Waals surface area contributed by atoms with Crippen molar-refractivity contribution >= 4 is 71.2 Å². The van der Waals surface area contributed by atoms with E-state index in [1.807, 2.05) is 19.1 Å². The Morgan fingerprint density at radius 1 is 0.425 bits per heavy atom. The number of amides is 7. The standard InChI is InChI=1S/C21H25NO6.C20H25NO6.C20H23NO6.C16H19NO7/c1-4-28-18-11-13(9-10-17(18)26-2)16(12-19(23)27-3)22-20(24)14-7-5-6-8-15(14)21(22)25;2*1-25-16-9-8-12(10-17(16)26-2)15(11-18(22)27-3)21-19(23)13-6-4-5-7-14(13)20(21)24;1-22-12-5-4-10(8-13(12)23-2)11(9-16(21)24-3)17-14(18)6-7-15(19)20/h9-11,16H,4-8,12H2,1-3H3;8-10,13-15H,4-7,11H2,1-3H3;4-5,8-10,13-15H,6-7,11H2,1-3H3;4-8,11H,9H2,1-3H3,(H,17,18)(H,19,20)/b;;;7-6+. The normalized spacial score (nSPS) is 18.8. The van der Waals surface area contributed by atoms with E-state index in [-0.39, 0.29) is 84.8 Å². The third-order valence-electron chi connectivity index (χ3n) is 19.1. The van der Waals surface area contributed by atoms with Gasteiger partial charge in [0.25, 0.3) is 11.8 Å². The van der Waals surface area contributed by atoms with E-state index in [1.54, 1.807) is 72.8 Å². The molecule has 0 spiro atoms. The van der Waals surface area contributed by atoms with Gasteiger partial charge in [-0.3, -0.25) is 67.4 Å². The monoisotopic (exact) mass is 1470 g/mol. The maximum Gasteiger partial charge on any atom is 0.328 e. The van der Waals surface area contributed by atoms with Gasteiger partial charge in [0.1, 0.15) is 0 Å². The van der Waals surface area contributed by atoms with Gasteiger partial charge in [0.2, 0.25) is 29.5 Å². The first-order valence-corrected chi connectivity index (χ1v) is 34.4. The molecule has 2 saturated heterocycles. The molecule has 2 N–H and O–H groups in total. The Kier molecular flexibility index (Phi) is 30.2. The van der Waals surface area contributed by atoms with Gasteiger partial charge in [0.05, 0.1) is 158 Å². The fourth-order valence-electron chi connectivity index (χ4n) is 13.7. The van der Waals surface area contributed by atoms with Crippen LogP contribution in [0.2, 0.25) is 0 Å². The number of esters is 4. The zero-order chi connectivity index (χ0) is 77.5. The van der Waals surface area contributed by atoms with Gasteiger partial charge in [0, 0.05) is 23.3 Å². The Morgan fingerprint density at radius 3 is 1.11 bits per heavy atom. The summed E-state index contributed by atoms with van der Waals surface area (Å²) < 4.78 is 61.5. The van der Waals surface area contributed by atoms with E-state index in [4.69, 9.17) is 57.2 Å². The number of likely N-dealkylation sites (tertiary alicyclic amines) is 2. The van der Waals surface area contributed by atoms with Crippen LogP contribution in [-0.2, 0) is 76.5 Å². The number of methoxy groups -OCH3 is 11. The first-order valence-electron chi connectivity index (χ1n) is 34.4. The molecular formula is C77H92N4O25. The Balaban J connectivity index is 0.000000198. The second kappa shape index (κ2) is 39.0. The van der Waals surface area contributed by atoms with Gasteiger partial charge in [-0.25, -0.2) is 4.79 Å². The van der Waals surface area contributed by atoms with Crippen molar-refractivity contribution in [3.8, 4) is 46.0 Å². The molecule has 10 rings (SSSR count). The molecular weight excluding hydrogens is 1380 g/mol. The minimum atomic E-state index is -1.25. The van der Waals surface area contributed by atoms with Crippen molar-refractivity contribution < 1.29 is 119 Å². The largest absolute Gasteiger partial charge is 0.493 e. The van der Waals surface area contributed by atoms with Crippen molar-refractivity contribution in [2.75, 3.05) is 84.8 Å². The van der Waals surface area contributed by atoms with Gasteiger partial charge in [-0.15, -0.1) is 0 Å². The SMILES string of the molecule is CCOc1cc(C(CC(=O)OC)N2C(=O)C3=C(CCCC3)C2=O)ccc1OC.COC(=O)CC(NC(=O)/C=C/C(=O)O)c1ccc(OC)c(OC)c1.COC(=O)CC(c1ccc(OC)c(OC)c1)N1C(=O)C2CC=CCC2C1=O.COC(=O)CC(c1ccc(OC)c(OC)c1)N1C(=O)C2CCCCC2C1=O. The molecule has 0 bridgehead atoms. The Labute approximate surface area is 614 Å². The van der Waals surface area contributed by atoms with Gasteiger partial charge in [0.15, 0.2) is 46.0 Å². The fourth-order valence-corrected chi connectivity index (χ4v) is 13.7. The lowest BCUT2D eigenvalue weighted by Crippen LogP contribution is -2.37.